The third-order valence-corrected chi connectivity index (χ3v) is 3.76. The fraction of sp³-hybridized carbons (Fsp3) is 0.700. The molecule has 0 bridgehead atoms. The van der Waals surface area contributed by atoms with Crippen LogP contribution in [-0.4, -0.2) is 4.98 Å². The van der Waals surface area contributed by atoms with Gasteiger partial charge in [-0.15, -0.1) is 11.3 Å². The van der Waals surface area contributed by atoms with Crippen LogP contribution >= 0.6 is 11.3 Å². The Balaban J connectivity index is 2.12. The van der Waals surface area contributed by atoms with Crippen molar-refractivity contribution in [2.24, 2.45) is 11.7 Å². The van der Waals surface area contributed by atoms with Gasteiger partial charge in [0.1, 0.15) is 5.01 Å². The predicted octanol–water partition coefficient (Wildman–Crippen LogP) is 2.43. The first kappa shape index (κ1) is 9.16. The lowest BCUT2D eigenvalue weighted by Gasteiger charge is -2.21. The van der Waals surface area contributed by atoms with Gasteiger partial charge in [0.15, 0.2) is 0 Å². The third kappa shape index (κ3) is 2.09. The topological polar surface area (TPSA) is 38.9 Å². The van der Waals surface area contributed by atoms with Gasteiger partial charge in [0.25, 0.3) is 0 Å². The number of rotatable bonds is 3. The minimum Gasteiger partial charge on any atom is -0.320 e. The van der Waals surface area contributed by atoms with E-state index >= 15 is 0 Å². The van der Waals surface area contributed by atoms with E-state index in [1.807, 2.05) is 6.92 Å². The molecule has 72 valence electrons. The van der Waals surface area contributed by atoms with E-state index in [1.54, 1.807) is 11.3 Å². The van der Waals surface area contributed by atoms with E-state index in [2.05, 4.69) is 17.3 Å². The molecule has 1 aliphatic rings. The summed E-state index contributed by atoms with van der Waals surface area (Å²) in [4.78, 5) is 4.46. The van der Waals surface area contributed by atoms with Crippen LogP contribution in [0.4, 0.5) is 0 Å². The number of nitrogens with zero attached hydrogens (tertiary/aromatic N) is 1. The Hall–Kier alpha value is -0.410. The van der Waals surface area contributed by atoms with Crippen molar-refractivity contribution in [1.29, 1.82) is 0 Å². The van der Waals surface area contributed by atoms with Gasteiger partial charge >= 0.3 is 0 Å². The molecule has 0 aromatic carbocycles. The SMILES string of the molecule is Cc1csc(C(C)(N)CC2CC2)n1. The summed E-state index contributed by atoms with van der Waals surface area (Å²) >= 11 is 1.69. The molecule has 1 aromatic rings. The van der Waals surface area contributed by atoms with E-state index in [4.69, 9.17) is 5.73 Å². The smallest absolute Gasteiger partial charge is 0.112 e. The van der Waals surface area contributed by atoms with E-state index in [0.717, 1.165) is 23.0 Å². The second-order valence-corrected chi connectivity index (χ2v) is 5.22. The summed E-state index contributed by atoms with van der Waals surface area (Å²) in [5, 5.41) is 3.17. The maximum Gasteiger partial charge on any atom is 0.112 e. The summed E-state index contributed by atoms with van der Waals surface area (Å²) in [5.74, 6) is 0.860. The van der Waals surface area contributed by atoms with Crippen LogP contribution in [0.5, 0.6) is 0 Å². The van der Waals surface area contributed by atoms with E-state index in [1.165, 1.54) is 12.8 Å². The largest absolute Gasteiger partial charge is 0.320 e. The highest BCUT2D eigenvalue weighted by Crippen LogP contribution is 2.39. The standard InChI is InChI=1S/C10H16N2S/c1-7-6-13-9(12-7)10(2,11)5-8-3-4-8/h6,8H,3-5,11H2,1-2H3. The maximum atomic E-state index is 6.24. The molecule has 2 N–H and O–H groups in total. The Labute approximate surface area is 83.2 Å². The zero-order valence-corrected chi connectivity index (χ0v) is 9.03. The lowest BCUT2D eigenvalue weighted by atomic mass is 9.97. The third-order valence-electron chi connectivity index (χ3n) is 2.52. The summed E-state index contributed by atoms with van der Waals surface area (Å²) in [6.07, 6.45) is 3.81. The van der Waals surface area contributed by atoms with E-state index < -0.39 is 0 Å². The molecule has 13 heavy (non-hydrogen) atoms. The van der Waals surface area contributed by atoms with Crippen LogP contribution < -0.4 is 5.73 Å². The van der Waals surface area contributed by atoms with E-state index in [9.17, 15) is 0 Å². The first-order chi connectivity index (χ1) is 6.08. The summed E-state index contributed by atoms with van der Waals surface area (Å²) in [5.41, 5.74) is 7.14. The van der Waals surface area contributed by atoms with Crippen LogP contribution in [0, 0.1) is 12.8 Å². The number of hydrogen-bond donors (Lipinski definition) is 1. The van der Waals surface area contributed by atoms with Gasteiger partial charge in [-0.2, -0.15) is 0 Å². The van der Waals surface area contributed by atoms with Gasteiger partial charge in [-0.3, -0.25) is 0 Å². The quantitative estimate of drug-likeness (QED) is 0.806. The fourth-order valence-electron chi connectivity index (χ4n) is 1.63. The molecule has 0 radical (unpaired) electrons. The van der Waals surface area contributed by atoms with Gasteiger partial charge < -0.3 is 5.73 Å². The van der Waals surface area contributed by atoms with Crippen molar-refractivity contribution in [3.63, 3.8) is 0 Å². The highest BCUT2D eigenvalue weighted by Gasteiger charge is 2.33. The van der Waals surface area contributed by atoms with Crippen LogP contribution in [0.2, 0.25) is 0 Å². The van der Waals surface area contributed by atoms with Crippen molar-refractivity contribution < 1.29 is 0 Å². The molecule has 0 amide bonds. The average molecular weight is 196 g/mol. The molecule has 3 heteroatoms. The van der Waals surface area contributed by atoms with Crippen LogP contribution in [0.1, 0.15) is 36.9 Å². The lowest BCUT2D eigenvalue weighted by molar-refractivity contribution is 0.421. The molecule has 1 atom stereocenters. The summed E-state index contributed by atoms with van der Waals surface area (Å²) < 4.78 is 0. The zero-order chi connectivity index (χ0) is 9.47. The van der Waals surface area contributed by atoms with Crippen LogP contribution in [0.3, 0.4) is 0 Å². The maximum absolute atomic E-state index is 6.24. The molecule has 0 spiro atoms. The second-order valence-electron chi connectivity index (χ2n) is 4.36. The van der Waals surface area contributed by atoms with Gasteiger partial charge in [0, 0.05) is 11.1 Å². The molecule has 1 aliphatic carbocycles. The Bertz CT molecular complexity index is 300. The van der Waals surface area contributed by atoms with Crippen molar-refractivity contribution in [1.82, 2.24) is 4.98 Å². The van der Waals surface area contributed by atoms with Gasteiger partial charge in [-0.05, 0) is 26.2 Å². The van der Waals surface area contributed by atoms with Crippen molar-refractivity contribution in [3.8, 4) is 0 Å². The first-order valence-electron chi connectivity index (χ1n) is 4.79. The monoisotopic (exact) mass is 196 g/mol. The number of aryl methyl sites for hydroxylation is 1. The molecular formula is C10H16N2S. The Morgan fingerprint density at radius 2 is 2.38 bits per heavy atom. The number of hydrogen-bond acceptors (Lipinski definition) is 3. The lowest BCUT2D eigenvalue weighted by Crippen LogP contribution is -2.33. The summed E-state index contributed by atoms with van der Waals surface area (Å²) in [6.45, 7) is 4.12. The highest BCUT2D eigenvalue weighted by atomic mass is 32.1. The average Bonchev–Trinajstić information content (AvgIpc) is 2.70. The van der Waals surface area contributed by atoms with Gasteiger partial charge in [-0.25, -0.2) is 4.98 Å². The summed E-state index contributed by atoms with van der Waals surface area (Å²) in [7, 11) is 0. The van der Waals surface area contributed by atoms with Crippen molar-refractivity contribution >= 4 is 11.3 Å². The van der Waals surface area contributed by atoms with E-state index in [-0.39, 0.29) is 5.54 Å². The van der Waals surface area contributed by atoms with Crippen LogP contribution in [0.25, 0.3) is 0 Å². The number of thiazole rings is 1. The molecule has 2 nitrogen and oxygen atoms in total. The minimum absolute atomic E-state index is 0.194. The fourth-order valence-corrected chi connectivity index (χ4v) is 2.51. The Morgan fingerprint density at radius 1 is 1.69 bits per heavy atom. The second kappa shape index (κ2) is 3.07. The molecule has 1 heterocycles. The van der Waals surface area contributed by atoms with Gasteiger partial charge in [0.05, 0.1) is 5.54 Å². The number of aromatic nitrogens is 1. The molecule has 1 saturated carbocycles. The molecule has 1 unspecified atom stereocenters. The van der Waals surface area contributed by atoms with Crippen molar-refractivity contribution in [2.75, 3.05) is 0 Å². The van der Waals surface area contributed by atoms with Gasteiger partial charge in [0.2, 0.25) is 0 Å². The normalized spacial score (nSPS) is 21.5. The Morgan fingerprint density at radius 3 is 2.85 bits per heavy atom. The van der Waals surface area contributed by atoms with Gasteiger partial charge in [-0.1, -0.05) is 12.8 Å². The summed E-state index contributed by atoms with van der Waals surface area (Å²) in [6, 6.07) is 0. The molecule has 1 fully saturated rings. The minimum atomic E-state index is -0.194. The van der Waals surface area contributed by atoms with Crippen molar-refractivity contribution in [3.05, 3.63) is 16.1 Å². The number of nitrogens with two attached hydrogens (primary N) is 1. The van der Waals surface area contributed by atoms with Crippen LogP contribution in [0.15, 0.2) is 5.38 Å². The van der Waals surface area contributed by atoms with Crippen molar-refractivity contribution in [2.45, 2.75) is 38.6 Å². The molecule has 2 rings (SSSR count). The Kier molecular flexibility index (Phi) is 2.16. The molecule has 1 aromatic heterocycles. The zero-order valence-electron chi connectivity index (χ0n) is 8.21. The molecular weight excluding hydrogens is 180 g/mol. The van der Waals surface area contributed by atoms with Crippen LogP contribution in [-0.2, 0) is 5.54 Å². The van der Waals surface area contributed by atoms with E-state index in [0.29, 0.717) is 0 Å². The first-order valence-corrected chi connectivity index (χ1v) is 5.67. The molecule has 0 aliphatic heterocycles. The predicted molar refractivity (Wildman–Crippen MR) is 55.7 cm³/mol. The highest BCUT2D eigenvalue weighted by molar-refractivity contribution is 7.09. The molecule has 0 saturated heterocycles.